The number of pyridine rings is 1. The Hall–Kier alpha value is -1.12. The Labute approximate surface area is 97.5 Å². The molecule has 1 rings (SSSR count). The minimum absolute atomic E-state index is 0.407. The molecule has 0 aliphatic heterocycles. The van der Waals surface area contributed by atoms with Gasteiger partial charge in [-0.1, -0.05) is 27.7 Å². The third-order valence-electron chi connectivity index (χ3n) is 2.25. The van der Waals surface area contributed by atoms with Crippen LogP contribution >= 0.6 is 0 Å². The number of rotatable bonds is 5. The van der Waals surface area contributed by atoms with E-state index < -0.39 is 5.95 Å². The maximum atomic E-state index is 13.1. The van der Waals surface area contributed by atoms with Gasteiger partial charge in [-0.2, -0.15) is 4.39 Å². The van der Waals surface area contributed by atoms with E-state index in [2.05, 4.69) is 37.6 Å². The molecule has 3 heteroatoms. The van der Waals surface area contributed by atoms with E-state index in [0.717, 1.165) is 18.8 Å². The lowest BCUT2D eigenvalue weighted by molar-refractivity contribution is 0.546. The Bertz CT molecular complexity index is 313. The standard InChI is InChI=1S/C13H21FN2/c1-10(2)8-16(9-11(3)4)12-5-6-15-13(14)7-12/h5-7,10-11H,8-9H2,1-4H3. The minimum atomic E-state index is -0.407. The SMILES string of the molecule is CC(C)CN(CC(C)C)c1ccnc(F)c1. The van der Waals surface area contributed by atoms with E-state index >= 15 is 0 Å². The van der Waals surface area contributed by atoms with Crippen LogP contribution in [0.15, 0.2) is 18.3 Å². The summed E-state index contributed by atoms with van der Waals surface area (Å²) in [4.78, 5) is 5.81. The molecule has 1 heterocycles. The highest BCUT2D eigenvalue weighted by atomic mass is 19.1. The summed E-state index contributed by atoms with van der Waals surface area (Å²) >= 11 is 0. The highest BCUT2D eigenvalue weighted by Gasteiger charge is 2.11. The molecule has 0 fully saturated rings. The molecule has 1 aromatic rings. The first kappa shape index (κ1) is 12.9. The van der Waals surface area contributed by atoms with Crippen molar-refractivity contribution < 1.29 is 4.39 Å². The van der Waals surface area contributed by atoms with Gasteiger partial charge in [0.15, 0.2) is 0 Å². The van der Waals surface area contributed by atoms with Gasteiger partial charge in [-0.25, -0.2) is 4.98 Å². The molecule has 0 aliphatic carbocycles. The Kier molecular flexibility index (Phi) is 4.71. The van der Waals surface area contributed by atoms with E-state index in [1.54, 1.807) is 0 Å². The van der Waals surface area contributed by atoms with Gasteiger partial charge in [0.2, 0.25) is 5.95 Å². The monoisotopic (exact) mass is 224 g/mol. The summed E-state index contributed by atoms with van der Waals surface area (Å²) in [6.07, 6.45) is 1.53. The van der Waals surface area contributed by atoms with E-state index in [1.165, 1.54) is 12.3 Å². The zero-order valence-corrected chi connectivity index (χ0v) is 10.6. The van der Waals surface area contributed by atoms with E-state index in [9.17, 15) is 4.39 Å². The maximum Gasteiger partial charge on any atom is 0.214 e. The first-order chi connectivity index (χ1) is 7.49. The van der Waals surface area contributed by atoms with Crippen LogP contribution in [0.1, 0.15) is 27.7 Å². The predicted molar refractivity (Wildman–Crippen MR) is 66.1 cm³/mol. The van der Waals surface area contributed by atoms with Crippen LogP contribution in [0.4, 0.5) is 10.1 Å². The second-order valence-electron chi connectivity index (χ2n) is 5.03. The quantitative estimate of drug-likeness (QED) is 0.713. The lowest BCUT2D eigenvalue weighted by Gasteiger charge is -2.28. The van der Waals surface area contributed by atoms with Crippen LogP contribution in [0.2, 0.25) is 0 Å². The van der Waals surface area contributed by atoms with Crippen molar-refractivity contribution in [3.63, 3.8) is 0 Å². The summed E-state index contributed by atoms with van der Waals surface area (Å²) in [6, 6.07) is 3.37. The molecule has 0 radical (unpaired) electrons. The normalized spacial score (nSPS) is 11.2. The van der Waals surface area contributed by atoms with Crippen molar-refractivity contribution in [2.24, 2.45) is 11.8 Å². The summed E-state index contributed by atoms with van der Waals surface area (Å²) in [7, 11) is 0. The third kappa shape index (κ3) is 4.17. The van der Waals surface area contributed by atoms with Gasteiger partial charge in [-0.3, -0.25) is 0 Å². The van der Waals surface area contributed by atoms with Crippen LogP contribution in [-0.2, 0) is 0 Å². The van der Waals surface area contributed by atoms with Gasteiger partial charge >= 0.3 is 0 Å². The number of hydrogen-bond donors (Lipinski definition) is 0. The highest BCUT2D eigenvalue weighted by Crippen LogP contribution is 2.17. The Morgan fingerprint density at radius 2 is 1.75 bits per heavy atom. The van der Waals surface area contributed by atoms with E-state index in [4.69, 9.17) is 0 Å². The van der Waals surface area contributed by atoms with Crippen LogP contribution in [0.5, 0.6) is 0 Å². The molecule has 0 aromatic carbocycles. The van der Waals surface area contributed by atoms with Gasteiger partial charge < -0.3 is 4.90 Å². The molecule has 0 bridgehead atoms. The largest absolute Gasteiger partial charge is 0.371 e. The minimum Gasteiger partial charge on any atom is -0.371 e. The lowest BCUT2D eigenvalue weighted by Crippen LogP contribution is -2.31. The molecule has 0 saturated carbocycles. The third-order valence-corrected chi connectivity index (χ3v) is 2.25. The molecule has 0 N–H and O–H groups in total. The van der Waals surface area contributed by atoms with Crippen LogP contribution in [0, 0.1) is 17.8 Å². The molecule has 1 aromatic heterocycles. The molecular formula is C13H21FN2. The summed E-state index contributed by atoms with van der Waals surface area (Å²) in [5.41, 5.74) is 0.926. The lowest BCUT2D eigenvalue weighted by atomic mass is 10.1. The highest BCUT2D eigenvalue weighted by molar-refractivity contribution is 5.44. The number of aromatic nitrogens is 1. The fourth-order valence-electron chi connectivity index (χ4n) is 1.76. The molecule has 16 heavy (non-hydrogen) atoms. The topological polar surface area (TPSA) is 16.1 Å². The van der Waals surface area contributed by atoms with Crippen molar-refractivity contribution >= 4 is 5.69 Å². The van der Waals surface area contributed by atoms with Crippen molar-refractivity contribution in [2.45, 2.75) is 27.7 Å². The van der Waals surface area contributed by atoms with Crippen molar-refractivity contribution in [1.29, 1.82) is 0 Å². The Morgan fingerprint density at radius 1 is 1.19 bits per heavy atom. The van der Waals surface area contributed by atoms with Gasteiger partial charge in [-0.05, 0) is 17.9 Å². The first-order valence-corrected chi connectivity index (χ1v) is 5.85. The molecule has 0 atom stereocenters. The fourth-order valence-corrected chi connectivity index (χ4v) is 1.76. The second kappa shape index (κ2) is 5.83. The van der Waals surface area contributed by atoms with Crippen LogP contribution in [0.25, 0.3) is 0 Å². The predicted octanol–water partition coefficient (Wildman–Crippen LogP) is 3.34. The molecule has 2 nitrogen and oxygen atoms in total. The molecule has 90 valence electrons. The zero-order valence-electron chi connectivity index (χ0n) is 10.6. The maximum absolute atomic E-state index is 13.1. The number of anilines is 1. The molecule has 0 aliphatic rings. The van der Waals surface area contributed by atoms with Crippen LogP contribution in [-0.4, -0.2) is 18.1 Å². The molecule has 0 spiro atoms. The van der Waals surface area contributed by atoms with Crippen LogP contribution in [0.3, 0.4) is 0 Å². The number of nitrogens with zero attached hydrogens (tertiary/aromatic N) is 2. The molecule has 0 amide bonds. The summed E-state index contributed by atoms with van der Waals surface area (Å²) in [6.45, 7) is 10.6. The van der Waals surface area contributed by atoms with Gasteiger partial charge in [0.1, 0.15) is 0 Å². The van der Waals surface area contributed by atoms with Gasteiger partial charge in [0.05, 0.1) is 0 Å². The van der Waals surface area contributed by atoms with Gasteiger partial charge in [0, 0.05) is 31.0 Å². The number of halogens is 1. The average Bonchev–Trinajstić information content (AvgIpc) is 2.15. The van der Waals surface area contributed by atoms with Gasteiger partial charge in [0.25, 0.3) is 0 Å². The fraction of sp³-hybridized carbons (Fsp3) is 0.615. The summed E-state index contributed by atoms with van der Waals surface area (Å²) in [5.74, 6) is 0.722. The van der Waals surface area contributed by atoms with E-state index in [1.807, 2.05) is 6.07 Å². The van der Waals surface area contributed by atoms with Gasteiger partial charge in [-0.15, -0.1) is 0 Å². The summed E-state index contributed by atoms with van der Waals surface area (Å²) in [5, 5.41) is 0. The van der Waals surface area contributed by atoms with Crippen molar-refractivity contribution in [3.8, 4) is 0 Å². The summed E-state index contributed by atoms with van der Waals surface area (Å²) < 4.78 is 13.1. The van der Waals surface area contributed by atoms with Crippen molar-refractivity contribution in [2.75, 3.05) is 18.0 Å². The van der Waals surface area contributed by atoms with Crippen molar-refractivity contribution in [3.05, 3.63) is 24.3 Å². The smallest absolute Gasteiger partial charge is 0.214 e. The Balaban J connectivity index is 2.82. The molecule has 0 unspecified atom stereocenters. The van der Waals surface area contributed by atoms with E-state index in [0.29, 0.717) is 11.8 Å². The van der Waals surface area contributed by atoms with Crippen LogP contribution < -0.4 is 4.90 Å². The molecule has 0 saturated heterocycles. The zero-order chi connectivity index (χ0) is 12.1. The second-order valence-corrected chi connectivity index (χ2v) is 5.03. The van der Waals surface area contributed by atoms with E-state index in [-0.39, 0.29) is 0 Å². The average molecular weight is 224 g/mol. The van der Waals surface area contributed by atoms with Crippen molar-refractivity contribution in [1.82, 2.24) is 4.98 Å². The molecular weight excluding hydrogens is 203 g/mol. The number of hydrogen-bond acceptors (Lipinski definition) is 2. The Morgan fingerprint density at radius 3 is 2.19 bits per heavy atom. The first-order valence-electron chi connectivity index (χ1n) is 5.85.